The first kappa shape index (κ1) is 71.7. The molecule has 2 heterocycles. The number of carbonyl (C=O) groups excluding carboxylic acids is 3. The van der Waals surface area contributed by atoms with E-state index in [1.54, 1.807) is 63.2 Å². The Kier molecular flexibility index (Phi) is 32.5. The van der Waals surface area contributed by atoms with Gasteiger partial charge in [0.15, 0.2) is 5.78 Å². The van der Waals surface area contributed by atoms with Gasteiger partial charge in [-0.25, -0.2) is 24.0 Å². The van der Waals surface area contributed by atoms with E-state index >= 15 is 0 Å². The van der Waals surface area contributed by atoms with Gasteiger partial charge in [-0.2, -0.15) is 0 Å². The second-order valence-corrected chi connectivity index (χ2v) is 21.2. The van der Waals surface area contributed by atoms with E-state index in [0.717, 1.165) is 37.9 Å². The minimum Gasteiger partial charge on any atom is -1.00 e. The van der Waals surface area contributed by atoms with E-state index < -0.39 is 29.8 Å². The Morgan fingerprint density at radius 3 is 1.54 bits per heavy atom. The van der Waals surface area contributed by atoms with E-state index in [1.807, 2.05) is 59.0 Å². The molecule has 78 heavy (non-hydrogen) atoms. The Morgan fingerprint density at radius 1 is 0.667 bits per heavy atom. The number of hydrogen-bond donors (Lipinski definition) is 5. The smallest absolute Gasteiger partial charge is 1.00 e. The van der Waals surface area contributed by atoms with Gasteiger partial charge in [-0.05, 0) is 157 Å². The van der Waals surface area contributed by atoms with E-state index in [2.05, 4.69) is 47.8 Å². The number of methoxy groups -OCH3 is 2. The molecule has 1 saturated heterocycles. The summed E-state index contributed by atoms with van der Waals surface area (Å²) in [5.41, 5.74) is 17.6. The number of hydrogen-bond acceptors (Lipinski definition) is 14. The Morgan fingerprint density at radius 2 is 1.06 bits per heavy atom. The van der Waals surface area contributed by atoms with Crippen molar-refractivity contribution in [1.29, 1.82) is 0 Å². The standard InChI is InChI=1S/C17H16BrNO4S.C16H11BrO3S.C15H12BrNO4S.C4H8O.CH3I.CH4.Li.2H2O.H/c1-9-11(17(21)23-3)8-12(18)15(14(9)19)24-13-7-5-4-6-10(13)16(20)22-2;1-8-10-7-13(18)9-4-2-3-5-14(9)21-15(10)12(17)6-11(8)16(19)20;1-7-9(15(20)21)6-10(16)13(12(7)17)22-11-5-3-2-4-8(11)14(18)19;1-2-4-5-3-1;1-2;;;;;/h4-8H,19H2,1-3H3;2-6H,7H2,1H3,(H,19,20);2-6H,17H2,1H3,(H,18,19)(H,20,21);1-4H2;1H3;1H4;;2*1H2;/q;;;;;;+1;;;-1/i;;;;1D;;;;;. The number of esters is 2. The quantitative estimate of drug-likeness (QED) is 0.0295. The second-order valence-electron chi connectivity index (χ2n) is 15.5. The molecule has 6 aromatic rings. The average Bonchev–Trinajstić information content (AvgIpc) is 3.95. The third kappa shape index (κ3) is 18.9. The molecule has 1 fully saturated rings. The van der Waals surface area contributed by atoms with Crippen molar-refractivity contribution in [1.82, 2.24) is 0 Å². The number of rotatable bonds is 9. The van der Waals surface area contributed by atoms with Crippen LogP contribution in [0.1, 0.15) is 107 Å². The molecule has 24 heteroatoms. The summed E-state index contributed by atoms with van der Waals surface area (Å²) < 4.78 is 22.6. The van der Waals surface area contributed by atoms with E-state index in [0.29, 0.717) is 73.3 Å². The molecule has 0 bridgehead atoms. The fourth-order valence-electron chi connectivity index (χ4n) is 7.01. The molecule has 0 radical (unpaired) electrons. The molecule has 0 saturated carbocycles. The van der Waals surface area contributed by atoms with Crippen LogP contribution in [0.25, 0.3) is 0 Å². The van der Waals surface area contributed by atoms with Crippen molar-refractivity contribution in [2.75, 3.05) is 43.8 Å². The second kappa shape index (κ2) is 35.4. The van der Waals surface area contributed by atoms with Crippen molar-refractivity contribution in [3.8, 4) is 0 Å². The van der Waals surface area contributed by atoms with Gasteiger partial charge in [-0.1, -0.05) is 108 Å². The van der Waals surface area contributed by atoms with Gasteiger partial charge in [0.2, 0.25) is 0 Å². The SMILES string of the molecule is C.C1CCOC1.COC(=O)c1ccccc1Sc1c(Br)cc(C(=O)OC)c(C)c1N.Cc1c(C(=O)O)cc(Br)c(Sc2ccccc2C(=O)O)c1N.Cc1c(C(=O)O)cc(Br)c2c1CC(=O)c1ccccc1S2.O.O.[2H]CI.[H-].[Li+]. The predicted molar refractivity (Wildman–Crippen MR) is 324 cm³/mol. The Balaban J connectivity index is 0. The molecule has 6 aromatic carbocycles. The predicted octanol–water partition coefficient (Wildman–Crippen LogP) is 10.2. The number of fused-ring (bicyclic) bond motifs is 2. The molecule has 0 atom stereocenters. The summed E-state index contributed by atoms with van der Waals surface area (Å²) in [5, 5.41) is 27.7. The molecule has 0 amide bonds. The van der Waals surface area contributed by atoms with Crippen LogP contribution >= 0.6 is 106 Å². The first-order valence-electron chi connectivity index (χ1n) is 22.5. The first-order chi connectivity index (χ1) is 35.6. The summed E-state index contributed by atoms with van der Waals surface area (Å²) in [6.07, 6.45) is 2.78. The molecular formula is C54H59Br3ILiN2O14S3. The number of nitrogens with two attached hydrogens (primary N) is 2. The summed E-state index contributed by atoms with van der Waals surface area (Å²) in [5.74, 6) is -3.92. The number of nitrogen functional groups attached to an aromatic ring is 2. The molecule has 0 aliphatic carbocycles. The molecular weight excluding hydrogens is 1370 g/mol. The van der Waals surface area contributed by atoms with Crippen molar-refractivity contribution in [3.63, 3.8) is 0 Å². The molecule has 416 valence electrons. The number of benzene rings is 6. The summed E-state index contributed by atoms with van der Waals surface area (Å²) in [6.45, 7) is 7.14. The summed E-state index contributed by atoms with van der Waals surface area (Å²) >= 11 is 16.2. The van der Waals surface area contributed by atoms with Crippen LogP contribution in [0.5, 0.6) is 0 Å². The number of ether oxygens (including phenoxy) is 3. The molecule has 8 rings (SSSR count). The molecule has 2 aliphatic heterocycles. The number of carbonyl (C=O) groups is 6. The summed E-state index contributed by atoms with van der Waals surface area (Å²) in [4.78, 5) is 74.8. The molecule has 16 nitrogen and oxygen atoms in total. The largest absolute Gasteiger partial charge is 1.00 e. The van der Waals surface area contributed by atoms with Crippen LogP contribution in [0.15, 0.2) is 134 Å². The van der Waals surface area contributed by atoms with Gasteiger partial charge in [0.05, 0.1) is 53.4 Å². The van der Waals surface area contributed by atoms with Gasteiger partial charge >= 0.3 is 48.7 Å². The van der Waals surface area contributed by atoms with Crippen LogP contribution in [0.4, 0.5) is 11.4 Å². The fourth-order valence-corrected chi connectivity index (χ4v) is 12.4. The molecule has 11 N–H and O–H groups in total. The van der Waals surface area contributed by atoms with Crippen molar-refractivity contribution in [2.24, 2.45) is 0 Å². The number of ketones is 1. The van der Waals surface area contributed by atoms with Gasteiger partial charge in [0.1, 0.15) is 0 Å². The molecule has 0 spiro atoms. The van der Waals surface area contributed by atoms with Crippen LogP contribution < -0.4 is 30.3 Å². The monoisotopic (exact) mass is 1430 g/mol. The van der Waals surface area contributed by atoms with Crippen molar-refractivity contribution >= 4 is 153 Å². The normalized spacial score (nSPS) is 11.5. The third-order valence-corrected chi connectivity index (χ3v) is 17.3. The van der Waals surface area contributed by atoms with Gasteiger partial charge in [-0.15, -0.1) is 0 Å². The van der Waals surface area contributed by atoms with Crippen LogP contribution in [0, 0.1) is 20.8 Å². The van der Waals surface area contributed by atoms with E-state index in [1.165, 1.54) is 74.5 Å². The number of halogens is 4. The summed E-state index contributed by atoms with van der Waals surface area (Å²) in [7, 11) is 2.66. The molecule has 0 unspecified atom stereocenters. The number of carboxylic acid groups (broad SMARTS) is 3. The number of alkyl halides is 1. The molecule has 2 aliphatic rings. The van der Waals surface area contributed by atoms with E-state index in [4.69, 9.17) is 32.2 Å². The van der Waals surface area contributed by atoms with Gasteiger partial charge < -0.3 is 53.4 Å². The number of aromatic carboxylic acids is 3. The fraction of sp³-hybridized carbons (Fsp3) is 0.222. The first-order valence-corrected chi connectivity index (χ1v) is 28.1. The maximum Gasteiger partial charge on any atom is 1.00 e. The van der Waals surface area contributed by atoms with Gasteiger partial charge in [0.25, 0.3) is 0 Å². The van der Waals surface area contributed by atoms with Crippen LogP contribution in [0.3, 0.4) is 0 Å². The number of Topliss-reactive ketones (excluding diaryl/α,β-unsaturated/α-hetero) is 1. The Bertz CT molecular complexity index is 3140. The molecule has 0 aromatic heterocycles. The van der Waals surface area contributed by atoms with E-state index in [9.17, 15) is 39.0 Å². The van der Waals surface area contributed by atoms with Crippen molar-refractivity contribution in [2.45, 2.75) is 76.8 Å². The Labute approximate surface area is 519 Å². The Hall–Kier alpha value is -4.36. The summed E-state index contributed by atoms with van der Waals surface area (Å²) in [6, 6.07) is 25.9. The minimum absolute atomic E-state index is 0. The topological polar surface area (TPSA) is 306 Å². The maximum absolute atomic E-state index is 12.4. The van der Waals surface area contributed by atoms with Gasteiger partial charge in [-0.3, -0.25) is 4.79 Å². The van der Waals surface area contributed by atoms with Crippen LogP contribution in [-0.4, -0.2) is 94.2 Å². The number of carboxylic acids is 3. The maximum atomic E-state index is 12.4. The minimum atomic E-state index is -1.06. The van der Waals surface area contributed by atoms with Crippen molar-refractivity contribution in [3.05, 3.63) is 160 Å². The van der Waals surface area contributed by atoms with Gasteiger partial charge in [0, 0.05) is 69.4 Å². The number of anilines is 2. The zero-order valence-electron chi connectivity index (χ0n) is 44.3. The average molecular weight is 1430 g/mol. The zero-order valence-corrected chi connectivity index (χ0v) is 51.7. The van der Waals surface area contributed by atoms with E-state index in [-0.39, 0.29) is 67.6 Å². The van der Waals surface area contributed by atoms with Crippen LogP contribution in [0.2, 0.25) is 0 Å². The zero-order chi connectivity index (χ0) is 55.7. The third-order valence-electron chi connectivity index (χ3n) is 11.0. The van der Waals surface area contributed by atoms with Crippen LogP contribution in [-0.2, 0) is 20.6 Å². The van der Waals surface area contributed by atoms with Crippen molar-refractivity contribution < 1.29 is 90.9 Å².